The van der Waals surface area contributed by atoms with Crippen LogP contribution in [0.3, 0.4) is 0 Å². The minimum absolute atomic E-state index is 0.0545. The predicted octanol–water partition coefficient (Wildman–Crippen LogP) is 3.64. The summed E-state index contributed by atoms with van der Waals surface area (Å²) in [7, 11) is 1.37. The number of ether oxygens (including phenoxy) is 2. The van der Waals surface area contributed by atoms with E-state index in [0.29, 0.717) is 21.8 Å². The third-order valence-corrected chi connectivity index (χ3v) is 5.50. The highest BCUT2D eigenvalue weighted by molar-refractivity contribution is 5.97. The maximum Gasteiger partial charge on any atom is 0.326 e. The molecule has 10 heteroatoms. The molecule has 1 amide bonds. The van der Waals surface area contributed by atoms with E-state index in [1.54, 1.807) is 53.1 Å². The summed E-state index contributed by atoms with van der Waals surface area (Å²) < 4.78 is 12.0. The zero-order chi connectivity index (χ0) is 25.1. The molecule has 0 aliphatic heterocycles. The zero-order valence-corrected chi connectivity index (χ0v) is 18.9. The third kappa shape index (κ3) is 4.67. The molecule has 0 saturated carbocycles. The number of hydrogen-bond acceptors (Lipinski definition) is 7. The normalized spacial score (nSPS) is 11.7. The molecule has 1 N–H and O–H groups in total. The van der Waals surface area contributed by atoms with Gasteiger partial charge in [0.05, 0.1) is 29.1 Å². The molecule has 0 spiro atoms. The van der Waals surface area contributed by atoms with Gasteiger partial charge >= 0.3 is 5.97 Å². The van der Waals surface area contributed by atoms with Gasteiger partial charge in [-0.25, -0.2) is 0 Å². The molecule has 0 fully saturated rings. The number of amides is 1. The summed E-state index contributed by atoms with van der Waals surface area (Å²) >= 11 is 0. The smallest absolute Gasteiger partial charge is 0.326 e. The molecule has 3 aromatic carbocycles. The Bertz CT molecular complexity index is 1470. The number of methoxy groups -OCH3 is 1. The topological polar surface area (TPSA) is 130 Å². The van der Waals surface area contributed by atoms with Gasteiger partial charge in [0.1, 0.15) is 18.0 Å². The maximum atomic E-state index is 12.8. The minimum Gasteiger partial charge on any atom is -0.496 e. The zero-order valence-electron chi connectivity index (χ0n) is 18.9. The second-order valence-corrected chi connectivity index (χ2v) is 7.71. The molecule has 1 unspecified atom stereocenters. The van der Waals surface area contributed by atoms with Crippen LogP contribution in [-0.4, -0.2) is 34.6 Å². The molecule has 1 atom stereocenters. The van der Waals surface area contributed by atoms with Crippen molar-refractivity contribution in [1.29, 1.82) is 0 Å². The van der Waals surface area contributed by atoms with E-state index < -0.39 is 22.9 Å². The van der Waals surface area contributed by atoms with Crippen LogP contribution in [0, 0.1) is 10.1 Å². The number of pyridine rings is 1. The van der Waals surface area contributed by atoms with Crippen molar-refractivity contribution < 1.29 is 24.0 Å². The number of aromatic nitrogens is 1. The van der Waals surface area contributed by atoms with Crippen LogP contribution in [0.2, 0.25) is 0 Å². The molecular formula is C25H21N3O7. The largest absolute Gasteiger partial charge is 0.496 e. The number of nitrogens with one attached hydrogen (secondary N) is 1. The number of esters is 1. The molecule has 0 bridgehead atoms. The van der Waals surface area contributed by atoms with E-state index in [0.717, 1.165) is 0 Å². The fourth-order valence-electron chi connectivity index (χ4n) is 3.79. The van der Waals surface area contributed by atoms with Crippen molar-refractivity contribution in [2.45, 2.75) is 19.6 Å². The first-order valence-electron chi connectivity index (χ1n) is 10.6. The van der Waals surface area contributed by atoms with Crippen molar-refractivity contribution in [3.8, 4) is 5.75 Å². The highest BCUT2D eigenvalue weighted by atomic mass is 16.6. The van der Waals surface area contributed by atoms with Crippen molar-refractivity contribution in [2.24, 2.45) is 0 Å². The lowest BCUT2D eigenvalue weighted by molar-refractivity contribution is -0.384. The maximum absolute atomic E-state index is 12.8. The molecule has 0 saturated heterocycles. The van der Waals surface area contributed by atoms with Gasteiger partial charge in [0.25, 0.3) is 11.6 Å². The van der Waals surface area contributed by atoms with E-state index in [2.05, 4.69) is 5.32 Å². The minimum atomic E-state index is -1.24. The lowest BCUT2D eigenvalue weighted by Crippen LogP contribution is -2.31. The number of anilines is 1. The first kappa shape index (κ1) is 23.4. The second-order valence-electron chi connectivity index (χ2n) is 7.71. The van der Waals surface area contributed by atoms with Crippen molar-refractivity contribution in [1.82, 2.24) is 4.57 Å². The molecule has 178 valence electrons. The van der Waals surface area contributed by atoms with Crippen LogP contribution in [0.5, 0.6) is 5.75 Å². The van der Waals surface area contributed by atoms with Crippen LogP contribution in [0.25, 0.3) is 21.8 Å². The Morgan fingerprint density at radius 2 is 1.63 bits per heavy atom. The summed E-state index contributed by atoms with van der Waals surface area (Å²) in [6.07, 6.45) is -1.24. The van der Waals surface area contributed by atoms with Gasteiger partial charge in [-0.15, -0.1) is 0 Å². The van der Waals surface area contributed by atoms with Gasteiger partial charge in [-0.2, -0.15) is 0 Å². The summed E-state index contributed by atoms with van der Waals surface area (Å²) in [6.45, 7) is 1.12. The Morgan fingerprint density at radius 1 is 1.03 bits per heavy atom. The number of nitro benzene ring substituents is 1. The number of fused-ring (bicyclic) bond motifs is 2. The number of nitrogens with zero attached hydrogens (tertiary/aromatic N) is 2. The quantitative estimate of drug-likeness (QED) is 0.187. The van der Waals surface area contributed by atoms with Crippen LogP contribution in [0.4, 0.5) is 11.4 Å². The Hall–Kier alpha value is -4.73. The average molecular weight is 475 g/mol. The molecule has 10 nitrogen and oxygen atoms in total. The lowest BCUT2D eigenvalue weighted by Gasteiger charge is -2.17. The molecule has 1 aromatic heterocycles. The number of rotatable bonds is 7. The Kier molecular flexibility index (Phi) is 6.45. The van der Waals surface area contributed by atoms with Crippen LogP contribution in [0.1, 0.15) is 6.92 Å². The molecule has 0 aliphatic rings. The monoisotopic (exact) mass is 475 g/mol. The van der Waals surface area contributed by atoms with E-state index in [-0.39, 0.29) is 29.1 Å². The highest BCUT2D eigenvalue weighted by Crippen LogP contribution is 2.29. The van der Waals surface area contributed by atoms with Crippen molar-refractivity contribution in [3.63, 3.8) is 0 Å². The SMILES string of the molecule is COc1ccc(NC(=O)C(C)OC(=O)Cn2c3ccccc3c(=O)c3ccccc32)c([N+](=O)[O-])c1. The number of nitro groups is 1. The van der Waals surface area contributed by atoms with Crippen LogP contribution in [-0.2, 0) is 20.9 Å². The van der Waals surface area contributed by atoms with E-state index in [4.69, 9.17) is 9.47 Å². The molecule has 35 heavy (non-hydrogen) atoms. The Morgan fingerprint density at radius 3 is 2.20 bits per heavy atom. The third-order valence-electron chi connectivity index (χ3n) is 5.50. The number of carbonyl (C=O) groups is 2. The molecular weight excluding hydrogens is 454 g/mol. The van der Waals surface area contributed by atoms with Gasteiger partial charge in [-0.1, -0.05) is 24.3 Å². The first-order valence-corrected chi connectivity index (χ1v) is 10.6. The number of para-hydroxylation sites is 2. The molecule has 1 heterocycles. The summed E-state index contributed by atoms with van der Waals surface area (Å²) in [5.74, 6) is -1.19. The highest BCUT2D eigenvalue weighted by Gasteiger charge is 2.23. The van der Waals surface area contributed by atoms with Crippen LogP contribution < -0.4 is 15.5 Å². The first-order chi connectivity index (χ1) is 16.8. The fraction of sp³-hybridized carbons (Fsp3) is 0.160. The number of carbonyl (C=O) groups excluding carboxylic acids is 2. The van der Waals surface area contributed by atoms with Gasteiger partial charge in [0.15, 0.2) is 11.5 Å². The number of hydrogen-bond donors (Lipinski definition) is 1. The summed E-state index contributed by atoms with van der Waals surface area (Å²) in [4.78, 5) is 48.9. The Labute approximate surface area is 198 Å². The Balaban J connectivity index is 1.55. The van der Waals surface area contributed by atoms with Gasteiger partial charge < -0.3 is 19.4 Å². The van der Waals surface area contributed by atoms with E-state index >= 15 is 0 Å². The molecule has 0 aliphatic carbocycles. The lowest BCUT2D eigenvalue weighted by atomic mass is 10.1. The molecule has 4 aromatic rings. The van der Waals surface area contributed by atoms with E-state index in [1.165, 1.54) is 32.2 Å². The van der Waals surface area contributed by atoms with E-state index in [9.17, 15) is 24.5 Å². The van der Waals surface area contributed by atoms with Gasteiger partial charge in [-0.05, 0) is 43.3 Å². The van der Waals surface area contributed by atoms with Gasteiger partial charge in [-0.3, -0.25) is 24.5 Å². The summed E-state index contributed by atoms with van der Waals surface area (Å²) in [5.41, 5.74) is 0.552. The average Bonchev–Trinajstić information content (AvgIpc) is 2.86. The number of benzene rings is 3. The van der Waals surface area contributed by atoms with E-state index in [1.807, 2.05) is 0 Å². The van der Waals surface area contributed by atoms with Crippen LogP contribution >= 0.6 is 0 Å². The van der Waals surface area contributed by atoms with Crippen molar-refractivity contribution in [3.05, 3.63) is 87.1 Å². The van der Waals surface area contributed by atoms with Crippen LogP contribution in [0.15, 0.2) is 71.5 Å². The predicted molar refractivity (Wildman–Crippen MR) is 130 cm³/mol. The molecule has 4 rings (SSSR count). The van der Waals surface area contributed by atoms with Gasteiger partial charge in [0, 0.05) is 10.8 Å². The second kappa shape index (κ2) is 9.64. The standard InChI is InChI=1S/C25H21N3O7/c1-15(25(31)26-19-12-11-16(34-2)13-22(19)28(32)33)35-23(29)14-27-20-9-5-3-7-17(20)24(30)18-8-4-6-10-21(18)27/h3-13,15H,14H2,1-2H3,(H,26,31). The van der Waals surface area contributed by atoms with Crippen molar-refractivity contribution in [2.75, 3.05) is 12.4 Å². The summed E-state index contributed by atoms with van der Waals surface area (Å²) in [5, 5.41) is 14.7. The van der Waals surface area contributed by atoms with Gasteiger partial charge in [0.2, 0.25) is 0 Å². The molecule has 0 radical (unpaired) electrons. The fourth-order valence-corrected chi connectivity index (χ4v) is 3.79. The van der Waals surface area contributed by atoms with Crippen molar-refractivity contribution >= 4 is 45.1 Å². The summed E-state index contributed by atoms with van der Waals surface area (Å²) in [6, 6.07) is 17.8.